The van der Waals surface area contributed by atoms with Crippen LogP contribution in [0.3, 0.4) is 0 Å². The summed E-state index contributed by atoms with van der Waals surface area (Å²) in [6, 6.07) is 21.4. The van der Waals surface area contributed by atoms with E-state index in [0.29, 0.717) is 0 Å². The molecule has 1 saturated carbocycles. The van der Waals surface area contributed by atoms with Crippen molar-refractivity contribution in [1.29, 1.82) is 0 Å². The Bertz CT molecular complexity index is 903. The van der Waals surface area contributed by atoms with Gasteiger partial charge in [0.2, 0.25) is 0 Å². The standard InChI is InChI=1S/C27H36B2O4/c1-23(2)24(3,4)31-28(30-23)27(29-32-25(5,6)26(7,8)33-29)21(19-15-11-9-12-16-19)22(27)20-17-13-10-14-18-20/h9-18,21-22H,1-8H3/t21-,22+. The lowest BCUT2D eigenvalue weighted by Gasteiger charge is -2.32. The number of benzene rings is 2. The molecular formula is C27H36B2O4. The van der Waals surface area contributed by atoms with Gasteiger partial charge in [-0.15, -0.1) is 0 Å². The highest BCUT2D eigenvalue weighted by atomic mass is 16.7. The molecule has 0 amide bonds. The van der Waals surface area contributed by atoms with Crippen LogP contribution in [0, 0.1) is 0 Å². The summed E-state index contributed by atoms with van der Waals surface area (Å²) in [4.78, 5) is 0. The lowest BCUT2D eigenvalue weighted by Crippen LogP contribution is -2.42. The van der Waals surface area contributed by atoms with Crippen LogP contribution >= 0.6 is 0 Å². The third-order valence-corrected chi connectivity index (χ3v) is 8.94. The summed E-state index contributed by atoms with van der Waals surface area (Å²) in [7, 11) is -0.930. The topological polar surface area (TPSA) is 36.9 Å². The highest BCUT2D eigenvalue weighted by Crippen LogP contribution is 2.81. The molecule has 33 heavy (non-hydrogen) atoms. The molecule has 174 valence electrons. The Morgan fingerprint density at radius 1 is 0.485 bits per heavy atom. The molecule has 2 heterocycles. The van der Waals surface area contributed by atoms with Crippen molar-refractivity contribution in [2.75, 3.05) is 0 Å². The third-order valence-electron chi connectivity index (χ3n) is 8.94. The molecule has 2 aliphatic heterocycles. The Morgan fingerprint density at radius 3 is 1.03 bits per heavy atom. The third kappa shape index (κ3) is 3.29. The maximum atomic E-state index is 6.76. The van der Waals surface area contributed by atoms with Crippen LogP contribution in [-0.4, -0.2) is 36.6 Å². The monoisotopic (exact) mass is 446 g/mol. The van der Waals surface area contributed by atoms with Crippen molar-refractivity contribution in [1.82, 2.24) is 0 Å². The number of rotatable bonds is 4. The predicted molar refractivity (Wildman–Crippen MR) is 133 cm³/mol. The summed E-state index contributed by atoms with van der Waals surface area (Å²) in [5, 5.41) is -0.515. The van der Waals surface area contributed by atoms with Crippen molar-refractivity contribution < 1.29 is 18.6 Å². The fraction of sp³-hybridized carbons (Fsp3) is 0.556. The first-order chi connectivity index (χ1) is 15.3. The van der Waals surface area contributed by atoms with E-state index in [0.717, 1.165) is 0 Å². The second kappa shape index (κ2) is 7.21. The van der Waals surface area contributed by atoms with E-state index in [2.05, 4.69) is 116 Å². The van der Waals surface area contributed by atoms with E-state index in [-0.39, 0.29) is 11.8 Å². The van der Waals surface area contributed by atoms with E-state index in [4.69, 9.17) is 18.6 Å². The van der Waals surface area contributed by atoms with Crippen molar-refractivity contribution in [3.63, 3.8) is 0 Å². The van der Waals surface area contributed by atoms with Crippen molar-refractivity contribution in [2.24, 2.45) is 0 Å². The highest BCUT2D eigenvalue weighted by Gasteiger charge is 2.84. The zero-order valence-electron chi connectivity index (χ0n) is 21.2. The molecule has 4 nitrogen and oxygen atoms in total. The Morgan fingerprint density at radius 2 is 0.758 bits per heavy atom. The molecule has 0 radical (unpaired) electrons. The fourth-order valence-electron chi connectivity index (χ4n) is 5.50. The first-order valence-corrected chi connectivity index (χ1v) is 12.1. The highest BCUT2D eigenvalue weighted by molar-refractivity contribution is 6.74. The number of hydrogen-bond acceptors (Lipinski definition) is 4. The van der Waals surface area contributed by atoms with Crippen LogP contribution in [0.5, 0.6) is 0 Å². The van der Waals surface area contributed by atoms with Crippen molar-refractivity contribution in [2.45, 2.75) is 94.8 Å². The molecule has 2 saturated heterocycles. The first kappa shape index (κ1) is 23.2. The molecule has 1 aliphatic carbocycles. The van der Waals surface area contributed by atoms with Gasteiger partial charge < -0.3 is 18.6 Å². The van der Waals surface area contributed by atoms with E-state index in [1.165, 1.54) is 11.1 Å². The molecule has 3 fully saturated rings. The van der Waals surface area contributed by atoms with Crippen LogP contribution in [0.2, 0.25) is 5.21 Å². The van der Waals surface area contributed by atoms with Gasteiger partial charge in [0.05, 0.1) is 27.6 Å². The van der Waals surface area contributed by atoms with Crippen LogP contribution in [0.1, 0.15) is 78.4 Å². The van der Waals surface area contributed by atoms with E-state index in [9.17, 15) is 0 Å². The van der Waals surface area contributed by atoms with Gasteiger partial charge in [0.15, 0.2) is 0 Å². The lowest BCUT2D eigenvalue weighted by atomic mass is 9.45. The van der Waals surface area contributed by atoms with Crippen LogP contribution < -0.4 is 0 Å². The molecule has 0 spiro atoms. The molecule has 2 atom stereocenters. The molecule has 3 aliphatic rings. The largest absolute Gasteiger partial charge is 0.463 e. The molecule has 0 bridgehead atoms. The summed E-state index contributed by atoms with van der Waals surface area (Å²) in [5.74, 6) is 0.288. The zero-order valence-corrected chi connectivity index (χ0v) is 21.2. The maximum Gasteiger partial charge on any atom is 0.463 e. The molecule has 5 rings (SSSR count). The lowest BCUT2D eigenvalue weighted by molar-refractivity contribution is 0.00578. The average molecular weight is 446 g/mol. The average Bonchev–Trinajstić information content (AvgIpc) is 3.31. The van der Waals surface area contributed by atoms with Gasteiger partial charge >= 0.3 is 14.2 Å². The van der Waals surface area contributed by atoms with Gasteiger partial charge in [0.25, 0.3) is 0 Å². The van der Waals surface area contributed by atoms with Gasteiger partial charge in [-0.05, 0) is 78.4 Å². The van der Waals surface area contributed by atoms with Gasteiger partial charge in [0.1, 0.15) is 0 Å². The van der Waals surface area contributed by atoms with E-state index >= 15 is 0 Å². The van der Waals surface area contributed by atoms with Gasteiger partial charge in [0, 0.05) is 0 Å². The minimum Gasteiger partial charge on any atom is -0.403 e. The first-order valence-electron chi connectivity index (χ1n) is 12.1. The summed E-state index contributed by atoms with van der Waals surface area (Å²) < 4.78 is 27.0. The van der Waals surface area contributed by atoms with E-state index in [1.807, 2.05) is 0 Å². The van der Waals surface area contributed by atoms with Crippen molar-refractivity contribution in [3.05, 3.63) is 71.8 Å². The summed E-state index contributed by atoms with van der Waals surface area (Å²) in [5.41, 5.74) is 0.740. The van der Waals surface area contributed by atoms with Crippen molar-refractivity contribution in [3.8, 4) is 0 Å². The molecule has 6 heteroatoms. The van der Waals surface area contributed by atoms with Crippen LogP contribution in [0.25, 0.3) is 0 Å². The minimum absolute atomic E-state index is 0.144. The Balaban J connectivity index is 1.68. The minimum atomic E-state index is -0.515. The number of hydrogen-bond donors (Lipinski definition) is 0. The van der Waals surface area contributed by atoms with Gasteiger partial charge in [-0.1, -0.05) is 60.7 Å². The van der Waals surface area contributed by atoms with Crippen LogP contribution in [-0.2, 0) is 18.6 Å². The van der Waals surface area contributed by atoms with Gasteiger partial charge in [-0.25, -0.2) is 0 Å². The smallest absolute Gasteiger partial charge is 0.403 e. The molecular weight excluding hydrogens is 410 g/mol. The second-order valence-corrected chi connectivity index (χ2v) is 12.0. The zero-order chi connectivity index (χ0) is 23.9. The van der Waals surface area contributed by atoms with Crippen LogP contribution in [0.4, 0.5) is 0 Å². The predicted octanol–water partition coefficient (Wildman–Crippen LogP) is 6.03. The molecule has 0 unspecified atom stereocenters. The van der Waals surface area contributed by atoms with E-state index < -0.39 is 41.9 Å². The summed E-state index contributed by atoms with van der Waals surface area (Å²) >= 11 is 0. The quantitative estimate of drug-likeness (QED) is 0.538. The summed E-state index contributed by atoms with van der Waals surface area (Å²) in [6.45, 7) is 16.9. The molecule has 0 aromatic heterocycles. The fourth-order valence-corrected chi connectivity index (χ4v) is 5.50. The summed E-state index contributed by atoms with van der Waals surface area (Å²) in [6.07, 6.45) is 0. The van der Waals surface area contributed by atoms with Gasteiger partial charge in [-0.2, -0.15) is 0 Å². The normalized spacial score (nSPS) is 30.4. The molecule has 2 aromatic rings. The van der Waals surface area contributed by atoms with Gasteiger partial charge in [-0.3, -0.25) is 0 Å². The molecule has 0 N–H and O–H groups in total. The second-order valence-electron chi connectivity index (χ2n) is 12.0. The van der Waals surface area contributed by atoms with E-state index in [1.54, 1.807) is 0 Å². The Labute approximate surface area is 199 Å². The maximum absolute atomic E-state index is 6.76. The van der Waals surface area contributed by atoms with Crippen molar-refractivity contribution >= 4 is 14.2 Å². The molecule has 2 aromatic carbocycles. The van der Waals surface area contributed by atoms with Crippen LogP contribution in [0.15, 0.2) is 60.7 Å². The Hall–Kier alpha value is -1.59. The Kier molecular flexibility index (Phi) is 5.06. The SMILES string of the molecule is CC1(C)OB(C2(B3OC(C)(C)C(C)(C)O3)[C@H](c3ccccc3)[C@@H]2c2ccccc2)OC1(C)C.